The summed E-state index contributed by atoms with van der Waals surface area (Å²) in [6.45, 7) is 10.9. The first-order chi connectivity index (χ1) is 16.1. The maximum atomic E-state index is 11.0. The zero-order valence-corrected chi connectivity index (χ0v) is 21.1. The van der Waals surface area contributed by atoms with Crippen LogP contribution in [0.2, 0.25) is 0 Å². The summed E-state index contributed by atoms with van der Waals surface area (Å²) in [5.74, 6) is 0.603. The first kappa shape index (κ1) is 26.9. The molecule has 1 saturated heterocycles. The molecule has 2 heterocycles. The lowest BCUT2D eigenvalue weighted by Crippen LogP contribution is -2.47. The molecule has 2 fully saturated rings. The smallest absolute Gasteiger partial charge is 0.305 e. The van der Waals surface area contributed by atoms with Crippen molar-refractivity contribution in [2.75, 3.05) is 0 Å². The van der Waals surface area contributed by atoms with Crippen LogP contribution < -0.4 is 0 Å². The van der Waals surface area contributed by atoms with Crippen molar-refractivity contribution in [1.29, 1.82) is 0 Å². The molecule has 10 atom stereocenters. The second-order valence-corrected chi connectivity index (χ2v) is 10.4. The Kier molecular flexibility index (Phi) is 9.33. The van der Waals surface area contributed by atoms with Crippen LogP contribution in [0.15, 0.2) is 47.6 Å². The van der Waals surface area contributed by atoms with E-state index in [4.69, 9.17) is 14.6 Å². The molecule has 1 aliphatic carbocycles. The third kappa shape index (κ3) is 6.91. The minimum absolute atomic E-state index is 0.134. The van der Waals surface area contributed by atoms with Crippen LogP contribution in [0.3, 0.4) is 0 Å². The van der Waals surface area contributed by atoms with Gasteiger partial charge in [-0.15, -0.1) is 0 Å². The Labute approximate surface area is 204 Å². The standard InChI is InChI=1S/C28H42O6/c1-6-24-17(3)8-11-25(34-24)18(4)13-16(2)7-9-21-19(5)22(21)10-12-26-28(32)23(29)14-20(33-26)15-27(30)31/h7-10,12-13,16,19-26,28-29,32H,6,11,14-15H2,1-5H3,(H,30,31)/b9-7+,12-10?,18-13?/t16-,19-,20+,21+,22+,23+,24-,25-,26?,28-/m1/s1. The molecule has 0 amide bonds. The number of rotatable bonds is 9. The van der Waals surface area contributed by atoms with Crippen LogP contribution >= 0.6 is 0 Å². The lowest BCUT2D eigenvalue weighted by Gasteiger charge is -2.35. The van der Waals surface area contributed by atoms with E-state index in [2.05, 4.69) is 58.9 Å². The van der Waals surface area contributed by atoms with Gasteiger partial charge in [-0.05, 0) is 61.5 Å². The minimum Gasteiger partial charge on any atom is -0.481 e. The number of carbonyl (C=O) groups is 1. The lowest BCUT2D eigenvalue weighted by atomic mass is 9.95. The summed E-state index contributed by atoms with van der Waals surface area (Å²) in [5.41, 5.74) is 2.61. The molecule has 190 valence electrons. The summed E-state index contributed by atoms with van der Waals surface area (Å²) in [4.78, 5) is 11.0. The van der Waals surface area contributed by atoms with Gasteiger partial charge in [0.1, 0.15) is 12.2 Å². The molecule has 0 aromatic heterocycles. The monoisotopic (exact) mass is 474 g/mol. The highest BCUT2D eigenvalue weighted by molar-refractivity contribution is 5.67. The molecule has 1 unspecified atom stereocenters. The van der Waals surface area contributed by atoms with Crippen LogP contribution in [0.4, 0.5) is 0 Å². The molecule has 1 saturated carbocycles. The number of aliphatic hydroxyl groups excluding tert-OH is 2. The highest BCUT2D eigenvalue weighted by Gasteiger charge is 2.43. The van der Waals surface area contributed by atoms with Crippen LogP contribution in [0.25, 0.3) is 0 Å². The quantitative estimate of drug-likeness (QED) is 0.428. The van der Waals surface area contributed by atoms with Crippen molar-refractivity contribution < 1.29 is 29.6 Å². The normalized spacial score (nSPS) is 39.9. The minimum atomic E-state index is -1.04. The summed E-state index contributed by atoms with van der Waals surface area (Å²) >= 11 is 0. The van der Waals surface area contributed by atoms with E-state index in [-0.39, 0.29) is 25.0 Å². The summed E-state index contributed by atoms with van der Waals surface area (Å²) in [6, 6.07) is 0. The highest BCUT2D eigenvalue weighted by atomic mass is 16.5. The van der Waals surface area contributed by atoms with E-state index in [9.17, 15) is 15.0 Å². The molecule has 6 nitrogen and oxygen atoms in total. The number of hydrogen-bond donors (Lipinski definition) is 3. The van der Waals surface area contributed by atoms with Crippen molar-refractivity contribution in [3.8, 4) is 0 Å². The van der Waals surface area contributed by atoms with Gasteiger partial charge in [0.25, 0.3) is 0 Å². The number of aliphatic carboxylic acids is 1. The Balaban J connectivity index is 1.53. The van der Waals surface area contributed by atoms with E-state index in [1.807, 2.05) is 6.08 Å². The molecule has 3 N–H and O–H groups in total. The third-order valence-electron chi connectivity index (χ3n) is 7.56. The van der Waals surface area contributed by atoms with Gasteiger partial charge in [0.2, 0.25) is 0 Å². The Morgan fingerprint density at radius 2 is 1.91 bits per heavy atom. The van der Waals surface area contributed by atoms with Crippen molar-refractivity contribution in [1.82, 2.24) is 0 Å². The van der Waals surface area contributed by atoms with Gasteiger partial charge in [-0.25, -0.2) is 0 Å². The summed E-state index contributed by atoms with van der Waals surface area (Å²) in [7, 11) is 0. The van der Waals surface area contributed by atoms with Gasteiger partial charge in [0, 0.05) is 6.42 Å². The van der Waals surface area contributed by atoms with Gasteiger partial charge in [-0.2, -0.15) is 0 Å². The van der Waals surface area contributed by atoms with Gasteiger partial charge in [-0.3, -0.25) is 4.79 Å². The van der Waals surface area contributed by atoms with E-state index in [0.29, 0.717) is 23.7 Å². The van der Waals surface area contributed by atoms with Crippen LogP contribution in [-0.4, -0.2) is 57.9 Å². The van der Waals surface area contributed by atoms with Crippen molar-refractivity contribution in [3.63, 3.8) is 0 Å². The molecule has 0 aromatic rings. The molecular weight excluding hydrogens is 432 g/mol. The number of hydrogen-bond acceptors (Lipinski definition) is 5. The van der Waals surface area contributed by atoms with Gasteiger partial charge >= 0.3 is 5.97 Å². The molecule has 0 radical (unpaired) electrons. The predicted octanol–water partition coefficient (Wildman–Crippen LogP) is 4.43. The number of carboxylic acids is 1. The molecule has 3 aliphatic rings. The first-order valence-electron chi connectivity index (χ1n) is 12.7. The van der Waals surface area contributed by atoms with Gasteiger partial charge in [-0.1, -0.05) is 57.2 Å². The largest absolute Gasteiger partial charge is 0.481 e. The van der Waals surface area contributed by atoms with E-state index in [1.54, 1.807) is 6.08 Å². The van der Waals surface area contributed by atoms with E-state index in [0.717, 1.165) is 12.8 Å². The van der Waals surface area contributed by atoms with Crippen LogP contribution in [-0.2, 0) is 14.3 Å². The Bertz CT molecular complexity index is 827. The highest BCUT2D eigenvalue weighted by Crippen LogP contribution is 2.48. The second kappa shape index (κ2) is 11.8. The van der Waals surface area contributed by atoms with Gasteiger partial charge in [0.15, 0.2) is 0 Å². The van der Waals surface area contributed by atoms with Crippen LogP contribution in [0, 0.1) is 23.7 Å². The molecule has 0 aromatic carbocycles. The zero-order valence-electron chi connectivity index (χ0n) is 21.1. The first-order valence-corrected chi connectivity index (χ1v) is 12.7. The average Bonchev–Trinajstić information content (AvgIpc) is 3.40. The topological polar surface area (TPSA) is 96.2 Å². The van der Waals surface area contributed by atoms with E-state index >= 15 is 0 Å². The summed E-state index contributed by atoms with van der Waals surface area (Å²) in [6.07, 6.45) is 11.9. The molecule has 0 spiro atoms. The van der Waals surface area contributed by atoms with Crippen molar-refractivity contribution in [3.05, 3.63) is 47.6 Å². The molecule has 6 heteroatoms. The maximum Gasteiger partial charge on any atom is 0.305 e. The average molecular weight is 475 g/mol. The molecule has 34 heavy (non-hydrogen) atoms. The zero-order chi connectivity index (χ0) is 25.0. The Hall–Kier alpha value is -1.73. The molecule has 0 bridgehead atoms. The van der Waals surface area contributed by atoms with Gasteiger partial charge in [0.05, 0.1) is 30.8 Å². The second-order valence-electron chi connectivity index (χ2n) is 10.4. The Morgan fingerprint density at radius 3 is 2.59 bits per heavy atom. The number of allylic oxidation sites excluding steroid dienone is 4. The van der Waals surface area contributed by atoms with E-state index in [1.165, 1.54) is 11.1 Å². The SMILES string of the molecule is CC[C@H]1O[C@@H](C(C)=C[C@H](C)/C=C/[C@H]2[C@@H](C)[C@@H]2C=CC2O[C@H](CC(=O)O)C[C@H](O)[C@H]2O)CC=C1C. The van der Waals surface area contributed by atoms with Crippen LogP contribution in [0.5, 0.6) is 0 Å². The lowest BCUT2D eigenvalue weighted by molar-refractivity contribution is -0.163. The number of ether oxygens (including phenoxy) is 2. The number of aliphatic hydroxyl groups is 2. The summed E-state index contributed by atoms with van der Waals surface area (Å²) < 4.78 is 12.0. The van der Waals surface area contributed by atoms with E-state index < -0.39 is 30.4 Å². The third-order valence-corrected chi connectivity index (χ3v) is 7.56. The molecule has 2 aliphatic heterocycles. The summed E-state index contributed by atoms with van der Waals surface area (Å²) in [5, 5.41) is 29.3. The fourth-order valence-corrected chi connectivity index (χ4v) is 5.22. The van der Waals surface area contributed by atoms with Crippen molar-refractivity contribution >= 4 is 5.97 Å². The predicted molar refractivity (Wildman–Crippen MR) is 132 cm³/mol. The van der Waals surface area contributed by atoms with Crippen LogP contribution in [0.1, 0.15) is 60.3 Å². The molecular formula is C28H42O6. The number of carboxylic acid groups (broad SMARTS) is 1. The maximum absolute atomic E-state index is 11.0. The van der Waals surface area contributed by atoms with Crippen molar-refractivity contribution in [2.24, 2.45) is 23.7 Å². The van der Waals surface area contributed by atoms with Gasteiger partial charge < -0.3 is 24.8 Å². The van der Waals surface area contributed by atoms with Crippen molar-refractivity contribution in [2.45, 2.75) is 96.9 Å². The molecule has 3 rings (SSSR count). The Morgan fingerprint density at radius 1 is 1.21 bits per heavy atom. The fourth-order valence-electron chi connectivity index (χ4n) is 5.22. The fraction of sp³-hybridized carbons (Fsp3) is 0.679.